The smallest absolute Gasteiger partial charge is 0.306 e. The molecule has 0 unspecified atom stereocenters. The van der Waals surface area contributed by atoms with E-state index in [0.29, 0.717) is 13.0 Å². The molecule has 0 spiro atoms. The van der Waals surface area contributed by atoms with E-state index in [1.807, 2.05) is 11.8 Å². The van der Waals surface area contributed by atoms with Gasteiger partial charge in [-0.15, -0.1) is 11.8 Å². The topological polar surface area (TPSA) is 52.3 Å². The van der Waals surface area contributed by atoms with Crippen molar-refractivity contribution < 1.29 is 9.53 Å². The Morgan fingerprint density at radius 1 is 1.39 bits per heavy atom. The van der Waals surface area contributed by atoms with Crippen molar-refractivity contribution >= 4 is 17.7 Å². The third-order valence-corrected chi connectivity index (χ3v) is 4.77. The molecule has 0 atom stereocenters. The maximum Gasteiger partial charge on any atom is 0.306 e. The highest BCUT2D eigenvalue weighted by atomic mass is 32.2. The van der Waals surface area contributed by atoms with Crippen LogP contribution in [0.25, 0.3) is 0 Å². The van der Waals surface area contributed by atoms with Crippen molar-refractivity contribution in [1.29, 1.82) is 0 Å². The second-order valence-corrected chi connectivity index (χ2v) is 5.94. The van der Waals surface area contributed by atoms with Crippen LogP contribution in [0, 0.1) is 5.41 Å². The van der Waals surface area contributed by atoms with Gasteiger partial charge in [-0.3, -0.25) is 4.79 Å². The zero-order chi connectivity index (χ0) is 13.0. The zero-order valence-corrected chi connectivity index (χ0v) is 11.5. The molecule has 0 bridgehead atoms. The second kappa shape index (κ2) is 5.76. The third kappa shape index (κ3) is 3.50. The molecule has 98 valence electrons. The molecule has 0 saturated heterocycles. The molecule has 18 heavy (non-hydrogen) atoms. The summed E-state index contributed by atoms with van der Waals surface area (Å²) in [6.45, 7) is 0.581. The molecule has 0 radical (unpaired) electrons. The number of rotatable bonds is 6. The lowest BCUT2D eigenvalue weighted by Gasteiger charge is -2.13. The van der Waals surface area contributed by atoms with Crippen molar-refractivity contribution in [2.24, 2.45) is 11.1 Å². The van der Waals surface area contributed by atoms with E-state index >= 15 is 0 Å². The van der Waals surface area contributed by atoms with Crippen LogP contribution in [-0.2, 0) is 16.1 Å². The molecule has 1 fully saturated rings. The van der Waals surface area contributed by atoms with Crippen LogP contribution in [0.2, 0.25) is 0 Å². The molecule has 1 aromatic rings. The molecular weight excluding hydrogens is 246 g/mol. The molecule has 0 aromatic heterocycles. The SMILES string of the molecule is COC(=O)CC1(CSc2ccc(CN)cc2)CC1. The standard InChI is InChI=1S/C14H19NO2S/c1-17-13(16)8-14(6-7-14)10-18-12-4-2-11(9-15)3-5-12/h2-5H,6-10,15H2,1H3. The fourth-order valence-corrected chi connectivity index (χ4v) is 3.08. The molecule has 1 aromatic carbocycles. The van der Waals surface area contributed by atoms with E-state index in [-0.39, 0.29) is 11.4 Å². The minimum atomic E-state index is -0.0911. The lowest BCUT2D eigenvalue weighted by Crippen LogP contribution is -2.12. The summed E-state index contributed by atoms with van der Waals surface area (Å²) in [6, 6.07) is 8.31. The van der Waals surface area contributed by atoms with Gasteiger partial charge in [0.15, 0.2) is 0 Å². The summed E-state index contributed by atoms with van der Waals surface area (Å²) < 4.78 is 4.75. The second-order valence-electron chi connectivity index (χ2n) is 4.89. The third-order valence-electron chi connectivity index (χ3n) is 3.41. The molecule has 1 aliphatic rings. The van der Waals surface area contributed by atoms with E-state index in [9.17, 15) is 4.79 Å². The Hall–Kier alpha value is -1.00. The Labute approximate surface area is 112 Å². The minimum absolute atomic E-state index is 0.0911. The number of methoxy groups -OCH3 is 1. The predicted molar refractivity (Wildman–Crippen MR) is 73.4 cm³/mol. The van der Waals surface area contributed by atoms with Gasteiger partial charge in [0, 0.05) is 17.2 Å². The first kappa shape index (κ1) is 13.4. The lowest BCUT2D eigenvalue weighted by atomic mass is 10.1. The Kier molecular flexibility index (Phi) is 4.30. The van der Waals surface area contributed by atoms with Gasteiger partial charge in [-0.05, 0) is 36.0 Å². The monoisotopic (exact) mass is 265 g/mol. The number of hydrogen-bond acceptors (Lipinski definition) is 4. The highest BCUT2D eigenvalue weighted by Gasteiger charge is 2.44. The molecular formula is C14H19NO2S. The van der Waals surface area contributed by atoms with Crippen molar-refractivity contribution in [2.45, 2.75) is 30.7 Å². The predicted octanol–water partition coefficient (Wildman–Crippen LogP) is 2.58. The minimum Gasteiger partial charge on any atom is -0.469 e. The summed E-state index contributed by atoms with van der Waals surface area (Å²) in [7, 11) is 1.46. The number of carbonyl (C=O) groups excluding carboxylic acids is 1. The summed E-state index contributed by atoms with van der Waals surface area (Å²) in [6.07, 6.45) is 2.82. The first-order valence-electron chi connectivity index (χ1n) is 6.16. The van der Waals surface area contributed by atoms with E-state index < -0.39 is 0 Å². The Balaban J connectivity index is 1.85. The number of carbonyl (C=O) groups is 1. The van der Waals surface area contributed by atoms with E-state index in [1.165, 1.54) is 12.0 Å². The average Bonchev–Trinajstić information content (AvgIpc) is 3.17. The number of nitrogens with two attached hydrogens (primary N) is 1. The maximum absolute atomic E-state index is 11.3. The molecule has 3 nitrogen and oxygen atoms in total. The summed E-state index contributed by atoms with van der Waals surface area (Å²) in [5.41, 5.74) is 6.90. The van der Waals surface area contributed by atoms with Gasteiger partial charge in [0.1, 0.15) is 0 Å². The van der Waals surface area contributed by atoms with Crippen LogP contribution in [0.15, 0.2) is 29.2 Å². The fourth-order valence-electron chi connectivity index (χ4n) is 1.89. The maximum atomic E-state index is 11.3. The molecule has 1 saturated carbocycles. The van der Waals surface area contributed by atoms with Gasteiger partial charge >= 0.3 is 5.97 Å². The Morgan fingerprint density at radius 2 is 2.06 bits per heavy atom. The first-order valence-corrected chi connectivity index (χ1v) is 7.15. The summed E-state index contributed by atoms with van der Waals surface area (Å²) in [4.78, 5) is 12.6. The van der Waals surface area contributed by atoms with Gasteiger partial charge < -0.3 is 10.5 Å². The van der Waals surface area contributed by atoms with Gasteiger partial charge in [-0.1, -0.05) is 12.1 Å². The fraction of sp³-hybridized carbons (Fsp3) is 0.500. The highest BCUT2D eigenvalue weighted by molar-refractivity contribution is 7.99. The average molecular weight is 265 g/mol. The van der Waals surface area contributed by atoms with Crippen molar-refractivity contribution in [3.8, 4) is 0 Å². The van der Waals surface area contributed by atoms with E-state index in [1.54, 1.807) is 0 Å². The van der Waals surface area contributed by atoms with E-state index in [4.69, 9.17) is 10.5 Å². The molecule has 4 heteroatoms. The molecule has 2 rings (SSSR count). The molecule has 0 heterocycles. The van der Waals surface area contributed by atoms with Crippen molar-refractivity contribution in [3.63, 3.8) is 0 Å². The number of thioether (sulfide) groups is 1. The molecule has 1 aliphatic carbocycles. The van der Waals surface area contributed by atoms with Crippen LogP contribution in [0.5, 0.6) is 0 Å². The zero-order valence-electron chi connectivity index (χ0n) is 10.6. The van der Waals surface area contributed by atoms with Crippen molar-refractivity contribution in [1.82, 2.24) is 0 Å². The van der Waals surface area contributed by atoms with Crippen LogP contribution in [0.1, 0.15) is 24.8 Å². The number of hydrogen-bond donors (Lipinski definition) is 1. The quantitative estimate of drug-likeness (QED) is 0.634. The van der Waals surface area contributed by atoms with Crippen molar-refractivity contribution in [2.75, 3.05) is 12.9 Å². The number of benzene rings is 1. The summed E-state index contributed by atoms with van der Waals surface area (Å²) >= 11 is 1.81. The van der Waals surface area contributed by atoms with Crippen LogP contribution in [0.3, 0.4) is 0 Å². The van der Waals surface area contributed by atoms with Gasteiger partial charge in [0.2, 0.25) is 0 Å². The first-order chi connectivity index (χ1) is 8.67. The molecule has 0 aliphatic heterocycles. The van der Waals surface area contributed by atoms with Crippen LogP contribution >= 0.6 is 11.8 Å². The molecule has 0 amide bonds. The largest absolute Gasteiger partial charge is 0.469 e. The number of esters is 1. The van der Waals surface area contributed by atoms with Crippen LogP contribution < -0.4 is 5.73 Å². The Morgan fingerprint density at radius 3 is 2.56 bits per heavy atom. The van der Waals surface area contributed by atoms with Crippen LogP contribution in [0.4, 0.5) is 0 Å². The normalized spacial score (nSPS) is 16.3. The van der Waals surface area contributed by atoms with E-state index in [2.05, 4.69) is 24.3 Å². The highest BCUT2D eigenvalue weighted by Crippen LogP contribution is 2.52. The molecule has 2 N–H and O–H groups in total. The van der Waals surface area contributed by atoms with Gasteiger partial charge in [0.25, 0.3) is 0 Å². The number of ether oxygens (including phenoxy) is 1. The van der Waals surface area contributed by atoms with Gasteiger partial charge in [-0.25, -0.2) is 0 Å². The van der Waals surface area contributed by atoms with Gasteiger partial charge in [-0.2, -0.15) is 0 Å². The van der Waals surface area contributed by atoms with Crippen molar-refractivity contribution in [3.05, 3.63) is 29.8 Å². The van der Waals surface area contributed by atoms with Gasteiger partial charge in [0.05, 0.1) is 13.5 Å². The lowest BCUT2D eigenvalue weighted by molar-refractivity contribution is -0.141. The van der Waals surface area contributed by atoms with E-state index in [0.717, 1.165) is 24.2 Å². The Bertz CT molecular complexity index is 412. The van der Waals surface area contributed by atoms with Crippen LogP contribution in [-0.4, -0.2) is 18.8 Å². The summed E-state index contributed by atoms with van der Waals surface area (Å²) in [5, 5.41) is 0. The summed E-state index contributed by atoms with van der Waals surface area (Å²) in [5.74, 6) is 0.899.